The van der Waals surface area contributed by atoms with Crippen LogP contribution in [0.25, 0.3) is 0 Å². The summed E-state index contributed by atoms with van der Waals surface area (Å²) in [5.41, 5.74) is 0.290. The van der Waals surface area contributed by atoms with E-state index in [0.717, 1.165) is 6.42 Å². The van der Waals surface area contributed by atoms with Crippen molar-refractivity contribution in [2.45, 2.75) is 25.2 Å². The maximum Gasteiger partial charge on any atom is 0.261 e. The summed E-state index contributed by atoms with van der Waals surface area (Å²) >= 11 is 3.26. The Kier molecular flexibility index (Phi) is 6.04. The molecule has 0 unspecified atom stereocenters. The molecule has 1 aromatic rings. The number of rotatable bonds is 5. The van der Waals surface area contributed by atoms with Gasteiger partial charge in [-0.25, -0.2) is 8.42 Å². The van der Waals surface area contributed by atoms with E-state index in [1.54, 1.807) is 11.9 Å². The smallest absolute Gasteiger partial charge is 0.261 e. The highest BCUT2D eigenvalue weighted by Gasteiger charge is 2.19. The van der Waals surface area contributed by atoms with Crippen LogP contribution in [0.2, 0.25) is 0 Å². The molecule has 0 N–H and O–H groups in total. The molecule has 1 amide bonds. The third kappa shape index (κ3) is 4.75. The number of halogens is 2. The maximum absolute atomic E-state index is 12.3. The summed E-state index contributed by atoms with van der Waals surface area (Å²) in [5, 5.41) is 0. The largest absolute Gasteiger partial charge is 0.342 e. The fourth-order valence-corrected chi connectivity index (χ4v) is 2.77. The molecule has 1 aromatic carbocycles. The van der Waals surface area contributed by atoms with Crippen LogP contribution in [0.1, 0.15) is 30.6 Å². The Morgan fingerprint density at radius 1 is 1.40 bits per heavy atom. The molecule has 0 spiro atoms. The molecule has 0 aliphatic heterocycles. The van der Waals surface area contributed by atoms with Crippen molar-refractivity contribution in [3.63, 3.8) is 0 Å². The topological polar surface area (TPSA) is 54.5 Å². The molecule has 1 rings (SSSR count). The predicted molar refractivity (Wildman–Crippen MR) is 83.6 cm³/mol. The van der Waals surface area contributed by atoms with Crippen molar-refractivity contribution >= 4 is 41.6 Å². The van der Waals surface area contributed by atoms with Gasteiger partial charge < -0.3 is 4.90 Å². The van der Waals surface area contributed by atoms with Gasteiger partial charge in [0, 0.05) is 28.7 Å². The number of amides is 1. The first-order chi connectivity index (χ1) is 9.12. The number of carbonyl (C=O) groups is 1. The van der Waals surface area contributed by atoms with Crippen molar-refractivity contribution in [3.05, 3.63) is 28.2 Å². The van der Waals surface area contributed by atoms with Crippen LogP contribution in [-0.2, 0) is 9.05 Å². The SMILES string of the molecule is CC(C)CCN(C)C(=O)c1cc(S(=O)(=O)Cl)ccc1Br. The van der Waals surface area contributed by atoms with Crippen LogP contribution in [0.5, 0.6) is 0 Å². The predicted octanol–water partition coefficient (Wildman–Crippen LogP) is 3.49. The van der Waals surface area contributed by atoms with E-state index in [0.29, 0.717) is 16.9 Å². The van der Waals surface area contributed by atoms with Gasteiger partial charge in [-0.1, -0.05) is 13.8 Å². The molecule has 0 atom stereocenters. The Balaban J connectivity index is 3.03. The van der Waals surface area contributed by atoms with Gasteiger partial charge in [-0.15, -0.1) is 0 Å². The Morgan fingerprint density at radius 3 is 2.50 bits per heavy atom. The van der Waals surface area contributed by atoms with Crippen molar-refractivity contribution in [2.75, 3.05) is 13.6 Å². The van der Waals surface area contributed by atoms with Gasteiger partial charge in [0.15, 0.2) is 0 Å². The lowest BCUT2D eigenvalue weighted by molar-refractivity contribution is 0.0788. The molecule has 0 aliphatic carbocycles. The monoisotopic (exact) mass is 381 g/mol. The number of benzene rings is 1. The van der Waals surface area contributed by atoms with E-state index in [1.165, 1.54) is 18.2 Å². The molecule has 0 aromatic heterocycles. The molecule has 0 aliphatic rings. The fourth-order valence-electron chi connectivity index (χ4n) is 1.58. The lowest BCUT2D eigenvalue weighted by Crippen LogP contribution is -2.28. The Bertz CT molecular complexity index is 602. The minimum absolute atomic E-state index is 0.0806. The second-order valence-corrected chi connectivity index (χ2v) is 8.41. The van der Waals surface area contributed by atoms with Crippen LogP contribution < -0.4 is 0 Å². The summed E-state index contributed by atoms with van der Waals surface area (Å²) in [4.78, 5) is 13.8. The van der Waals surface area contributed by atoms with Gasteiger partial charge in [0.1, 0.15) is 0 Å². The molecule has 20 heavy (non-hydrogen) atoms. The van der Waals surface area contributed by atoms with E-state index < -0.39 is 9.05 Å². The molecule has 0 bridgehead atoms. The lowest BCUT2D eigenvalue weighted by atomic mass is 10.1. The number of hydrogen-bond acceptors (Lipinski definition) is 3. The lowest BCUT2D eigenvalue weighted by Gasteiger charge is -2.19. The van der Waals surface area contributed by atoms with Gasteiger partial charge in [0.2, 0.25) is 0 Å². The summed E-state index contributed by atoms with van der Waals surface area (Å²) in [6, 6.07) is 4.16. The zero-order valence-corrected chi connectivity index (χ0v) is 14.7. The van der Waals surface area contributed by atoms with Crippen LogP contribution in [0.3, 0.4) is 0 Å². The Hall–Kier alpha value is -0.590. The molecule has 4 nitrogen and oxygen atoms in total. The van der Waals surface area contributed by atoms with Crippen LogP contribution >= 0.6 is 26.6 Å². The van der Waals surface area contributed by atoms with E-state index in [4.69, 9.17) is 10.7 Å². The number of hydrogen-bond donors (Lipinski definition) is 0. The van der Waals surface area contributed by atoms with Gasteiger partial charge in [-0.2, -0.15) is 0 Å². The molecule has 7 heteroatoms. The maximum atomic E-state index is 12.3. The molecule has 0 saturated heterocycles. The summed E-state index contributed by atoms with van der Waals surface area (Å²) in [7, 11) is 3.15. The van der Waals surface area contributed by atoms with Crippen LogP contribution in [0.15, 0.2) is 27.6 Å². The van der Waals surface area contributed by atoms with Gasteiger partial charge in [0.05, 0.1) is 10.5 Å². The molecule has 0 saturated carbocycles. The van der Waals surface area contributed by atoms with E-state index in [1.807, 2.05) is 0 Å². The van der Waals surface area contributed by atoms with Gasteiger partial charge >= 0.3 is 0 Å². The summed E-state index contributed by atoms with van der Waals surface area (Å²) in [6.07, 6.45) is 0.882. The van der Waals surface area contributed by atoms with Crippen molar-refractivity contribution in [3.8, 4) is 0 Å². The van der Waals surface area contributed by atoms with Crippen LogP contribution in [-0.4, -0.2) is 32.8 Å². The van der Waals surface area contributed by atoms with Crippen LogP contribution in [0.4, 0.5) is 0 Å². The Morgan fingerprint density at radius 2 is 2.00 bits per heavy atom. The van der Waals surface area contributed by atoms with Crippen molar-refractivity contribution in [1.82, 2.24) is 4.90 Å². The zero-order chi connectivity index (χ0) is 15.5. The minimum Gasteiger partial charge on any atom is -0.342 e. The molecule has 0 fully saturated rings. The highest BCUT2D eigenvalue weighted by Crippen LogP contribution is 2.24. The zero-order valence-electron chi connectivity index (χ0n) is 11.6. The Labute approximate surface area is 132 Å². The van der Waals surface area contributed by atoms with Crippen molar-refractivity contribution < 1.29 is 13.2 Å². The average molecular weight is 383 g/mol. The third-order valence-electron chi connectivity index (χ3n) is 2.84. The summed E-state index contributed by atoms with van der Waals surface area (Å²) in [6.45, 7) is 4.77. The molecule has 0 heterocycles. The molecular weight excluding hydrogens is 366 g/mol. The van der Waals surface area contributed by atoms with Crippen molar-refractivity contribution in [2.24, 2.45) is 5.92 Å². The normalized spacial score (nSPS) is 11.7. The number of nitrogens with zero attached hydrogens (tertiary/aromatic N) is 1. The second kappa shape index (κ2) is 6.91. The second-order valence-electron chi connectivity index (χ2n) is 4.99. The summed E-state index contributed by atoms with van der Waals surface area (Å²) < 4.78 is 23.2. The van der Waals surface area contributed by atoms with Gasteiger partial charge in [0.25, 0.3) is 15.0 Å². The minimum atomic E-state index is -3.85. The third-order valence-corrected chi connectivity index (χ3v) is 4.88. The standard InChI is InChI=1S/C13H17BrClNO3S/c1-9(2)6-7-16(3)13(17)11-8-10(20(15,18)19)4-5-12(11)14/h4-5,8-9H,6-7H2,1-3H3. The van der Waals surface area contributed by atoms with Gasteiger partial charge in [-0.3, -0.25) is 4.79 Å². The highest BCUT2D eigenvalue weighted by atomic mass is 79.9. The van der Waals surface area contributed by atoms with E-state index in [-0.39, 0.29) is 16.4 Å². The molecule has 0 radical (unpaired) electrons. The average Bonchev–Trinajstić information content (AvgIpc) is 2.34. The van der Waals surface area contributed by atoms with Crippen LogP contribution in [0, 0.1) is 5.92 Å². The molecular formula is C13H17BrClNO3S. The van der Waals surface area contributed by atoms with E-state index in [9.17, 15) is 13.2 Å². The number of carbonyl (C=O) groups excluding carboxylic acids is 1. The molecule has 112 valence electrons. The first-order valence-corrected chi connectivity index (χ1v) is 9.23. The quantitative estimate of drug-likeness (QED) is 0.732. The van der Waals surface area contributed by atoms with Crippen molar-refractivity contribution in [1.29, 1.82) is 0 Å². The van der Waals surface area contributed by atoms with E-state index in [2.05, 4.69) is 29.8 Å². The first kappa shape index (κ1) is 17.5. The summed E-state index contributed by atoms with van der Waals surface area (Å²) in [5.74, 6) is 0.253. The van der Waals surface area contributed by atoms with E-state index >= 15 is 0 Å². The first-order valence-electron chi connectivity index (χ1n) is 6.12. The highest BCUT2D eigenvalue weighted by molar-refractivity contribution is 9.10. The fraction of sp³-hybridized carbons (Fsp3) is 0.462. The van der Waals surface area contributed by atoms with Gasteiger partial charge in [-0.05, 0) is 46.5 Å².